The quantitative estimate of drug-likeness (QED) is 0.703. The second kappa shape index (κ2) is 3.81. The molecule has 0 saturated carbocycles. The van der Waals surface area contributed by atoms with Crippen LogP contribution in [0.1, 0.15) is 16.7 Å². The third kappa shape index (κ3) is 1.89. The molecule has 2 nitrogen and oxygen atoms in total. The topological polar surface area (TPSA) is 25.8 Å². The van der Waals surface area contributed by atoms with Crippen LogP contribution < -0.4 is 0 Å². The summed E-state index contributed by atoms with van der Waals surface area (Å²) in [5.41, 5.74) is 5.91. The van der Waals surface area contributed by atoms with Gasteiger partial charge in [0.25, 0.3) is 0 Å². The number of hydrogen-bond donors (Lipinski definition) is 0. The van der Waals surface area contributed by atoms with E-state index < -0.39 is 0 Å². The Balaban J connectivity index is 2.55. The van der Waals surface area contributed by atoms with Crippen LogP contribution in [0.2, 0.25) is 0 Å². The summed E-state index contributed by atoms with van der Waals surface area (Å²) in [7, 11) is 0. The van der Waals surface area contributed by atoms with E-state index >= 15 is 0 Å². The molecule has 2 heteroatoms. The van der Waals surface area contributed by atoms with Gasteiger partial charge < -0.3 is 0 Å². The van der Waals surface area contributed by atoms with Gasteiger partial charge in [0.2, 0.25) is 0 Å². The Hall–Kier alpha value is -1.70. The smallest absolute Gasteiger partial charge is 0.116 e. The number of aromatic nitrogens is 2. The van der Waals surface area contributed by atoms with Gasteiger partial charge >= 0.3 is 0 Å². The first-order valence-electron chi connectivity index (χ1n) is 5.02. The van der Waals surface area contributed by atoms with Crippen molar-refractivity contribution < 1.29 is 0 Å². The number of rotatable bonds is 1. The molecular formula is C13H14N2. The zero-order valence-electron chi connectivity index (χ0n) is 9.28. The molecule has 0 aliphatic heterocycles. The monoisotopic (exact) mass is 198 g/mol. The van der Waals surface area contributed by atoms with E-state index in [0.29, 0.717) is 0 Å². The maximum Gasteiger partial charge on any atom is 0.116 e. The first-order valence-corrected chi connectivity index (χ1v) is 5.02. The van der Waals surface area contributed by atoms with Crippen molar-refractivity contribution in [3.8, 4) is 11.3 Å². The summed E-state index contributed by atoms with van der Waals surface area (Å²) < 4.78 is 0. The summed E-state index contributed by atoms with van der Waals surface area (Å²) in [5.74, 6) is 0. The normalized spacial score (nSPS) is 10.3. The lowest BCUT2D eigenvalue weighted by atomic mass is 10.0. The standard InChI is InChI=1S/C13H14N2/c1-9-4-5-12(6-10(9)2)13-11(3)7-14-8-15-13/h4-8H,1-3H3. The van der Waals surface area contributed by atoms with Crippen LogP contribution in [0.15, 0.2) is 30.7 Å². The molecule has 0 aliphatic carbocycles. The number of benzene rings is 1. The van der Waals surface area contributed by atoms with Crippen LogP contribution in [0.4, 0.5) is 0 Å². The molecule has 0 aliphatic rings. The first kappa shape index (κ1) is 9.84. The highest BCUT2D eigenvalue weighted by molar-refractivity contribution is 5.63. The van der Waals surface area contributed by atoms with Crippen molar-refractivity contribution in [1.82, 2.24) is 9.97 Å². The molecule has 0 radical (unpaired) electrons. The van der Waals surface area contributed by atoms with Gasteiger partial charge in [-0.3, -0.25) is 0 Å². The van der Waals surface area contributed by atoms with Gasteiger partial charge in [0.05, 0.1) is 5.69 Å². The fourth-order valence-electron chi connectivity index (χ4n) is 1.59. The highest BCUT2D eigenvalue weighted by atomic mass is 14.8. The molecule has 0 amide bonds. The predicted octanol–water partition coefficient (Wildman–Crippen LogP) is 3.07. The number of nitrogens with zero attached hydrogens (tertiary/aromatic N) is 2. The van der Waals surface area contributed by atoms with Crippen molar-refractivity contribution in [2.24, 2.45) is 0 Å². The van der Waals surface area contributed by atoms with Gasteiger partial charge in [-0.25, -0.2) is 9.97 Å². The lowest BCUT2D eigenvalue weighted by molar-refractivity contribution is 1.13. The van der Waals surface area contributed by atoms with E-state index in [1.54, 1.807) is 6.33 Å². The highest BCUT2D eigenvalue weighted by Crippen LogP contribution is 2.22. The van der Waals surface area contributed by atoms with Crippen molar-refractivity contribution in [3.05, 3.63) is 47.4 Å². The number of aryl methyl sites for hydroxylation is 3. The maximum atomic E-state index is 4.31. The molecule has 0 saturated heterocycles. The lowest BCUT2D eigenvalue weighted by Crippen LogP contribution is -1.90. The van der Waals surface area contributed by atoms with Crippen molar-refractivity contribution in [1.29, 1.82) is 0 Å². The molecular weight excluding hydrogens is 184 g/mol. The van der Waals surface area contributed by atoms with E-state index in [1.165, 1.54) is 11.1 Å². The summed E-state index contributed by atoms with van der Waals surface area (Å²) in [5, 5.41) is 0. The second-order valence-corrected chi connectivity index (χ2v) is 3.85. The van der Waals surface area contributed by atoms with Crippen molar-refractivity contribution >= 4 is 0 Å². The van der Waals surface area contributed by atoms with Crippen LogP contribution in [0.25, 0.3) is 11.3 Å². The Bertz CT molecular complexity index is 490. The Kier molecular flexibility index (Phi) is 2.50. The molecule has 1 aromatic carbocycles. The predicted molar refractivity (Wildman–Crippen MR) is 61.7 cm³/mol. The Morgan fingerprint density at radius 3 is 2.40 bits per heavy atom. The minimum atomic E-state index is 1.02. The molecule has 2 aromatic rings. The molecule has 15 heavy (non-hydrogen) atoms. The Morgan fingerprint density at radius 2 is 1.73 bits per heavy atom. The van der Waals surface area contributed by atoms with Gasteiger partial charge in [-0.2, -0.15) is 0 Å². The molecule has 0 bridgehead atoms. The molecule has 0 unspecified atom stereocenters. The minimum absolute atomic E-state index is 1.02. The molecule has 0 spiro atoms. The first-order chi connectivity index (χ1) is 7.18. The highest BCUT2D eigenvalue weighted by Gasteiger charge is 2.03. The van der Waals surface area contributed by atoms with Crippen LogP contribution in [0.5, 0.6) is 0 Å². The van der Waals surface area contributed by atoms with Crippen LogP contribution in [-0.2, 0) is 0 Å². The van der Waals surface area contributed by atoms with Gasteiger partial charge in [-0.1, -0.05) is 12.1 Å². The molecule has 1 aromatic heterocycles. The van der Waals surface area contributed by atoms with Crippen molar-refractivity contribution in [3.63, 3.8) is 0 Å². The lowest BCUT2D eigenvalue weighted by Gasteiger charge is -2.06. The zero-order chi connectivity index (χ0) is 10.8. The van der Waals surface area contributed by atoms with Crippen molar-refractivity contribution in [2.45, 2.75) is 20.8 Å². The summed E-state index contributed by atoms with van der Waals surface area (Å²) in [6.07, 6.45) is 3.44. The summed E-state index contributed by atoms with van der Waals surface area (Å²) >= 11 is 0. The maximum absolute atomic E-state index is 4.31. The molecule has 0 fully saturated rings. The van der Waals surface area contributed by atoms with Gasteiger partial charge in [0.15, 0.2) is 0 Å². The fourth-order valence-corrected chi connectivity index (χ4v) is 1.59. The van der Waals surface area contributed by atoms with E-state index in [0.717, 1.165) is 16.8 Å². The van der Waals surface area contributed by atoms with Gasteiger partial charge in [-0.15, -0.1) is 0 Å². The minimum Gasteiger partial charge on any atom is -0.245 e. The summed E-state index contributed by atoms with van der Waals surface area (Å²) in [6.45, 7) is 6.27. The number of hydrogen-bond acceptors (Lipinski definition) is 2. The van der Waals surface area contributed by atoms with E-state index in [2.05, 4.69) is 42.0 Å². The second-order valence-electron chi connectivity index (χ2n) is 3.85. The molecule has 0 N–H and O–H groups in total. The average molecular weight is 198 g/mol. The third-order valence-electron chi connectivity index (χ3n) is 2.68. The fraction of sp³-hybridized carbons (Fsp3) is 0.231. The Morgan fingerprint density at radius 1 is 0.933 bits per heavy atom. The van der Waals surface area contributed by atoms with Gasteiger partial charge in [0.1, 0.15) is 6.33 Å². The zero-order valence-corrected chi connectivity index (χ0v) is 9.28. The van der Waals surface area contributed by atoms with Crippen molar-refractivity contribution in [2.75, 3.05) is 0 Å². The van der Waals surface area contributed by atoms with Crippen LogP contribution in [-0.4, -0.2) is 9.97 Å². The van der Waals surface area contributed by atoms with E-state index in [1.807, 2.05) is 13.1 Å². The van der Waals surface area contributed by atoms with Gasteiger partial charge in [-0.05, 0) is 43.5 Å². The Labute approximate surface area is 90.0 Å². The van der Waals surface area contributed by atoms with Crippen LogP contribution in [0.3, 0.4) is 0 Å². The SMILES string of the molecule is Cc1ccc(-c2ncncc2C)cc1C. The largest absolute Gasteiger partial charge is 0.245 e. The van der Waals surface area contributed by atoms with Crippen LogP contribution >= 0.6 is 0 Å². The van der Waals surface area contributed by atoms with E-state index in [-0.39, 0.29) is 0 Å². The summed E-state index contributed by atoms with van der Waals surface area (Å²) in [6, 6.07) is 6.41. The summed E-state index contributed by atoms with van der Waals surface area (Å²) in [4.78, 5) is 8.31. The third-order valence-corrected chi connectivity index (χ3v) is 2.68. The molecule has 76 valence electrons. The van der Waals surface area contributed by atoms with Gasteiger partial charge in [0, 0.05) is 11.8 Å². The van der Waals surface area contributed by atoms with E-state index in [4.69, 9.17) is 0 Å². The molecule has 1 heterocycles. The van der Waals surface area contributed by atoms with Crippen LogP contribution in [0, 0.1) is 20.8 Å². The van der Waals surface area contributed by atoms with E-state index in [9.17, 15) is 0 Å². The average Bonchev–Trinajstić information content (AvgIpc) is 2.23. The molecule has 0 atom stereocenters. The molecule has 2 rings (SSSR count).